The lowest BCUT2D eigenvalue weighted by atomic mass is 10.0. The molecule has 5 rings (SSSR count). The van der Waals surface area contributed by atoms with E-state index in [1.807, 2.05) is 6.07 Å². The lowest BCUT2D eigenvalue weighted by Crippen LogP contribution is -2.30. The number of amides is 1. The number of carbonyl (C=O) groups excluding carboxylic acids is 2. The molecule has 2 N–H and O–H groups in total. The number of hydrogen-bond acceptors (Lipinski definition) is 6. The summed E-state index contributed by atoms with van der Waals surface area (Å²) in [5, 5.41) is 17.3. The van der Waals surface area contributed by atoms with Gasteiger partial charge in [0.15, 0.2) is 11.6 Å². The van der Waals surface area contributed by atoms with Gasteiger partial charge in [0.05, 0.1) is 41.4 Å². The number of halogens is 1. The van der Waals surface area contributed by atoms with Crippen molar-refractivity contribution in [1.29, 1.82) is 0 Å². The van der Waals surface area contributed by atoms with Crippen LogP contribution in [0.2, 0.25) is 0 Å². The standard InChI is InChI=1S/C25H25FN6O3/c1-25(2,14-33)32-12-19(18-10-28-11-20(26)23(18)32)24(35)16-7-17(9-27-8-16)29-22(34)13-31-6-5-21(30-31)15-3-4-15/h5-12,15,33H,3-4,13-14H2,1-2H3,(H,29,34). The van der Waals surface area contributed by atoms with Crippen molar-refractivity contribution in [2.24, 2.45) is 0 Å². The summed E-state index contributed by atoms with van der Waals surface area (Å²) in [7, 11) is 0. The van der Waals surface area contributed by atoms with E-state index in [1.165, 1.54) is 30.9 Å². The minimum Gasteiger partial charge on any atom is -0.394 e. The van der Waals surface area contributed by atoms with Gasteiger partial charge in [-0.25, -0.2) is 4.39 Å². The highest BCUT2D eigenvalue weighted by molar-refractivity contribution is 6.16. The van der Waals surface area contributed by atoms with Gasteiger partial charge in [-0.3, -0.25) is 24.2 Å². The molecule has 4 heterocycles. The second-order valence-corrected chi connectivity index (χ2v) is 9.45. The van der Waals surface area contributed by atoms with Gasteiger partial charge in [-0.15, -0.1) is 0 Å². The van der Waals surface area contributed by atoms with Crippen LogP contribution in [0.1, 0.15) is 54.2 Å². The second kappa shape index (κ2) is 8.70. The fourth-order valence-corrected chi connectivity index (χ4v) is 4.07. The molecule has 0 bridgehead atoms. The Labute approximate surface area is 200 Å². The van der Waals surface area contributed by atoms with E-state index in [0.717, 1.165) is 24.7 Å². The van der Waals surface area contributed by atoms with Gasteiger partial charge in [0.1, 0.15) is 6.54 Å². The molecule has 1 fully saturated rings. The zero-order valence-corrected chi connectivity index (χ0v) is 19.4. The highest BCUT2D eigenvalue weighted by atomic mass is 19.1. The Kier molecular flexibility index (Phi) is 5.68. The fraction of sp³-hybridized carbons (Fsp3) is 0.320. The summed E-state index contributed by atoms with van der Waals surface area (Å²) in [6, 6.07) is 3.46. The van der Waals surface area contributed by atoms with Gasteiger partial charge in [-0.1, -0.05) is 0 Å². The number of aromatic nitrogens is 5. The van der Waals surface area contributed by atoms with Crippen LogP contribution in [-0.2, 0) is 16.9 Å². The molecule has 0 aliphatic heterocycles. The fourth-order valence-electron chi connectivity index (χ4n) is 4.07. The zero-order chi connectivity index (χ0) is 24.7. The summed E-state index contributed by atoms with van der Waals surface area (Å²) >= 11 is 0. The zero-order valence-electron chi connectivity index (χ0n) is 19.4. The summed E-state index contributed by atoms with van der Waals surface area (Å²) in [6.07, 6.45) is 10.9. The normalized spacial score (nSPS) is 13.8. The number of nitrogens with one attached hydrogen (secondary N) is 1. The number of ketones is 1. The number of carbonyl (C=O) groups is 2. The van der Waals surface area contributed by atoms with Crippen LogP contribution in [0.25, 0.3) is 10.9 Å². The first-order chi connectivity index (χ1) is 16.8. The smallest absolute Gasteiger partial charge is 0.246 e. The SMILES string of the molecule is CC(C)(CO)n1cc(C(=O)c2cncc(NC(=O)Cn3ccc(C4CC4)n3)c2)c2cncc(F)c21. The topological polar surface area (TPSA) is 115 Å². The van der Waals surface area contributed by atoms with Gasteiger partial charge in [0, 0.05) is 47.2 Å². The summed E-state index contributed by atoms with van der Waals surface area (Å²) < 4.78 is 17.8. The number of nitrogens with zero attached hydrogens (tertiary/aromatic N) is 5. The highest BCUT2D eigenvalue weighted by Gasteiger charge is 2.28. The average Bonchev–Trinajstić information content (AvgIpc) is 3.45. The van der Waals surface area contributed by atoms with Gasteiger partial charge < -0.3 is 15.0 Å². The molecule has 9 nitrogen and oxygen atoms in total. The molecule has 1 amide bonds. The first-order valence-corrected chi connectivity index (χ1v) is 11.4. The molecule has 0 saturated heterocycles. The summed E-state index contributed by atoms with van der Waals surface area (Å²) in [5.74, 6) is -0.788. The lowest BCUT2D eigenvalue weighted by molar-refractivity contribution is -0.116. The molecule has 0 unspecified atom stereocenters. The minimum absolute atomic E-state index is 0.0412. The van der Waals surface area contributed by atoms with Crippen molar-refractivity contribution in [3.63, 3.8) is 0 Å². The Hall–Kier alpha value is -3.92. The van der Waals surface area contributed by atoms with Crippen molar-refractivity contribution in [2.75, 3.05) is 11.9 Å². The average molecular weight is 477 g/mol. The predicted molar refractivity (Wildman–Crippen MR) is 127 cm³/mol. The predicted octanol–water partition coefficient (Wildman–Crippen LogP) is 3.24. The molecule has 0 atom stereocenters. The van der Waals surface area contributed by atoms with Crippen molar-refractivity contribution in [2.45, 2.75) is 44.7 Å². The van der Waals surface area contributed by atoms with Gasteiger partial charge in [-0.05, 0) is 38.8 Å². The lowest BCUT2D eigenvalue weighted by Gasteiger charge is -2.25. The van der Waals surface area contributed by atoms with Crippen LogP contribution >= 0.6 is 0 Å². The third-order valence-electron chi connectivity index (χ3n) is 6.19. The van der Waals surface area contributed by atoms with Crippen LogP contribution in [0.5, 0.6) is 0 Å². The Morgan fingerprint density at radius 3 is 2.71 bits per heavy atom. The van der Waals surface area contributed by atoms with E-state index in [2.05, 4.69) is 20.4 Å². The number of fused-ring (bicyclic) bond motifs is 1. The van der Waals surface area contributed by atoms with Crippen molar-refractivity contribution >= 4 is 28.3 Å². The number of pyridine rings is 2. The molecular formula is C25H25FN6O3. The first-order valence-electron chi connectivity index (χ1n) is 11.4. The van der Waals surface area contributed by atoms with Crippen LogP contribution < -0.4 is 5.32 Å². The summed E-state index contributed by atoms with van der Waals surface area (Å²) in [4.78, 5) is 33.9. The molecule has 0 aromatic carbocycles. The largest absolute Gasteiger partial charge is 0.394 e. The quantitative estimate of drug-likeness (QED) is 0.377. The first kappa shape index (κ1) is 22.9. The Morgan fingerprint density at radius 1 is 1.20 bits per heavy atom. The van der Waals surface area contributed by atoms with E-state index >= 15 is 0 Å². The molecule has 1 aliphatic carbocycles. The molecule has 4 aromatic heterocycles. The number of anilines is 1. The van der Waals surface area contributed by atoms with E-state index < -0.39 is 17.1 Å². The van der Waals surface area contributed by atoms with Crippen LogP contribution in [0, 0.1) is 5.82 Å². The van der Waals surface area contributed by atoms with E-state index in [4.69, 9.17) is 0 Å². The van der Waals surface area contributed by atoms with Crippen LogP contribution in [0.3, 0.4) is 0 Å². The molecule has 1 saturated carbocycles. The van der Waals surface area contributed by atoms with Crippen molar-refractivity contribution in [1.82, 2.24) is 24.3 Å². The van der Waals surface area contributed by atoms with E-state index in [-0.39, 0.29) is 35.7 Å². The van der Waals surface area contributed by atoms with E-state index in [0.29, 0.717) is 17.0 Å². The summed E-state index contributed by atoms with van der Waals surface area (Å²) in [5.41, 5.74) is 1.15. The number of rotatable bonds is 8. The number of aliphatic hydroxyl groups excluding tert-OH is 1. The van der Waals surface area contributed by atoms with Gasteiger partial charge in [0.2, 0.25) is 5.91 Å². The Bertz CT molecular complexity index is 1440. The molecule has 180 valence electrons. The minimum atomic E-state index is -0.848. The van der Waals surface area contributed by atoms with E-state index in [9.17, 15) is 19.1 Å². The van der Waals surface area contributed by atoms with Gasteiger partial charge >= 0.3 is 0 Å². The molecule has 0 spiro atoms. The van der Waals surface area contributed by atoms with Crippen LogP contribution in [0.4, 0.5) is 10.1 Å². The maximum absolute atomic E-state index is 14.7. The van der Waals surface area contributed by atoms with Gasteiger partial charge in [-0.2, -0.15) is 5.10 Å². The second-order valence-electron chi connectivity index (χ2n) is 9.45. The Morgan fingerprint density at radius 2 is 1.97 bits per heavy atom. The maximum atomic E-state index is 14.7. The monoisotopic (exact) mass is 476 g/mol. The molecule has 4 aromatic rings. The maximum Gasteiger partial charge on any atom is 0.246 e. The molecular weight excluding hydrogens is 451 g/mol. The highest BCUT2D eigenvalue weighted by Crippen LogP contribution is 2.38. The summed E-state index contributed by atoms with van der Waals surface area (Å²) in [6.45, 7) is 3.27. The third kappa shape index (κ3) is 4.44. The third-order valence-corrected chi connectivity index (χ3v) is 6.19. The number of hydrogen-bond donors (Lipinski definition) is 2. The van der Waals surface area contributed by atoms with Crippen molar-refractivity contribution in [3.05, 3.63) is 72.0 Å². The number of aliphatic hydroxyl groups is 1. The van der Waals surface area contributed by atoms with Gasteiger partial charge in [0.25, 0.3) is 0 Å². The van der Waals surface area contributed by atoms with Crippen molar-refractivity contribution < 1.29 is 19.1 Å². The Balaban J connectivity index is 1.39. The molecule has 1 aliphatic rings. The van der Waals surface area contributed by atoms with Crippen LogP contribution in [0.15, 0.2) is 49.3 Å². The van der Waals surface area contributed by atoms with E-state index in [1.54, 1.807) is 29.3 Å². The molecule has 35 heavy (non-hydrogen) atoms. The van der Waals surface area contributed by atoms with Crippen molar-refractivity contribution in [3.8, 4) is 0 Å². The van der Waals surface area contributed by atoms with Crippen LogP contribution in [-0.4, -0.2) is 47.7 Å². The molecule has 10 heteroatoms. The molecule has 0 radical (unpaired) electrons.